The topological polar surface area (TPSA) is 178 Å². The first kappa shape index (κ1) is 22.8. The average molecular weight is 437 g/mol. The largest absolute Gasteiger partial charge is 0.466 e. The van der Waals surface area contributed by atoms with Gasteiger partial charge in [-0.2, -0.15) is 5.26 Å². The number of esters is 1. The molecule has 13 heteroatoms. The molecule has 1 aromatic rings. The van der Waals surface area contributed by atoms with Crippen LogP contribution in [0.1, 0.15) is 24.5 Å². The fourth-order valence-electron chi connectivity index (χ4n) is 2.60. The molecule has 160 valence electrons. The van der Waals surface area contributed by atoms with Gasteiger partial charge in [-0.1, -0.05) is 0 Å². The van der Waals surface area contributed by atoms with E-state index in [9.17, 15) is 23.3 Å². The van der Waals surface area contributed by atoms with Crippen molar-refractivity contribution in [3.05, 3.63) is 51.0 Å². The van der Waals surface area contributed by atoms with Gasteiger partial charge in [0.1, 0.15) is 11.5 Å². The van der Waals surface area contributed by atoms with Crippen molar-refractivity contribution in [2.45, 2.75) is 25.8 Å². The van der Waals surface area contributed by atoms with E-state index in [4.69, 9.17) is 20.6 Å². The monoisotopic (exact) mass is 437 g/mol. The molecule has 0 saturated heterocycles. The van der Waals surface area contributed by atoms with Crippen molar-refractivity contribution >= 4 is 21.5 Å². The number of hydrogen-bond donors (Lipinski definition) is 1. The van der Waals surface area contributed by atoms with Crippen LogP contribution in [-0.4, -0.2) is 48.4 Å². The number of nitro groups is 1. The summed E-state index contributed by atoms with van der Waals surface area (Å²) in [4.78, 5) is 26.5. The van der Waals surface area contributed by atoms with Crippen molar-refractivity contribution in [3.8, 4) is 11.8 Å². The van der Waals surface area contributed by atoms with Crippen molar-refractivity contribution in [3.63, 3.8) is 0 Å². The summed E-state index contributed by atoms with van der Waals surface area (Å²) in [6.45, 7) is 3.20. The van der Waals surface area contributed by atoms with Gasteiger partial charge in [-0.05, 0) is 37.6 Å². The molecule has 0 amide bonds. The maximum Gasteiger partial charge on any atom is 0.352 e. The molecule has 12 nitrogen and oxygen atoms in total. The van der Waals surface area contributed by atoms with Gasteiger partial charge in [0.05, 0.1) is 29.6 Å². The number of nitrogens with zero attached hydrogens (tertiary/aromatic N) is 4. The number of allylic oxidation sites excluding steroid dienone is 1. The Kier molecular flexibility index (Phi) is 6.75. The van der Waals surface area contributed by atoms with E-state index in [0.29, 0.717) is 16.1 Å². The van der Waals surface area contributed by atoms with Crippen molar-refractivity contribution < 1.29 is 27.6 Å². The summed E-state index contributed by atoms with van der Waals surface area (Å²) >= 11 is 0. The molecule has 1 aliphatic rings. The third kappa shape index (κ3) is 4.91. The molecule has 1 aromatic carbocycles. The second-order valence-electron chi connectivity index (χ2n) is 6.22. The third-order valence-corrected chi connectivity index (χ3v) is 5.03. The first-order chi connectivity index (χ1) is 14.0. The third-order valence-electron chi connectivity index (χ3n) is 3.93. The number of carbonyl (C=O) groups excluding carboxylic acids is 1. The molecule has 2 N–H and O–H groups in total. The zero-order valence-electron chi connectivity index (χ0n) is 16.4. The molecule has 30 heavy (non-hydrogen) atoms. The molecule has 0 spiro atoms. The average Bonchev–Trinajstić information content (AvgIpc) is 2.63. The lowest BCUT2D eigenvalue weighted by atomic mass is 10.1. The lowest BCUT2D eigenvalue weighted by Crippen LogP contribution is -2.50. The molecular weight excluding hydrogens is 418 g/mol. The van der Waals surface area contributed by atoms with E-state index in [1.807, 2.05) is 6.07 Å². The van der Waals surface area contributed by atoms with Gasteiger partial charge in [0.2, 0.25) is 5.50 Å². The Labute approximate surface area is 172 Å². The molecule has 1 atom stereocenters. The van der Waals surface area contributed by atoms with E-state index in [1.165, 1.54) is 18.2 Å². The van der Waals surface area contributed by atoms with Gasteiger partial charge < -0.3 is 9.47 Å². The summed E-state index contributed by atoms with van der Waals surface area (Å²) in [5.74, 6) is 4.44. The Balaban J connectivity index is 2.61. The minimum absolute atomic E-state index is 0.0238. The highest BCUT2D eigenvalue weighted by atomic mass is 32.2. The number of ether oxygens (including phenoxy) is 2. The molecule has 0 bridgehead atoms. The Bertz CT molecular complexity index is 1090. The van der Waals surface area contributed by atoms with Crippen LogP contribution < -0.4 is 10.6 Å². The van der Waals surface area contributed by atoms with Gasteiger partial charge in [0.25, 0.3) is 5.88 Å². The second kappa shape index (κ2) is 8.89. The van der Waals surface area contributed by atoms with Crippen LogP contribution in [0, 0.1) is 28.4 Å². The van der Waals surface area contributed by atoms with Crippen molar-refractivity contribution in [1.82, 2.24) is 5.01 Å². The quantitative estimate of drug-likeness (QED) is 0.275. The van der Waals surface area contributed by atoms with Crippen LogP contribution >= 0.6 is 0 Å². The van der Waals surface area contributed by atoms with Crippen LogP contribution in [0.4, 0.5) is 0 Å². The Morgan fingerprint density at radius 1 is 1.47 bits per heavy atom. The molecular formula is C17H19N5O7S. The molecule has 1 aliphatic heterocycles. The fraction of sp³-hybridized carbons (Fsp3) is 0.353. The van der Waals surface area contributed by atoms with Crippen molar-refractivity contribution in [1.29, 1.82) is 5.26 Å². The summed E-state index contributed by atoms with van der Waals surface area (Å²) in [5, 5.41) is 21.3. The zero-order valence-corrected chi connectivity index (χ0v) is 17.2. The number of aryl methyl sites for hydroxylation is 1. The van der Waals surface area contributed by atoms with Gasteiger partial charge in [0.15, 0.2) is 9.84 Å². The van der Waals surface area contributed by atoms with Crippen molar-refractivity contribution in [2.24, 2.45) is 10.8 Å². The smallest absolute Gasteiger partial charge is 0.352 e. The molecule has 0 radical (unpaired) electrons. The van der Waals surface area contributed by atoms with Gasteiger partial charge in [-0.3, -0.25) is 14.9 Å². The predicted molar refractivity (Wildman–Crippen MR) is 104 cm³/mol. The van der Waals surface area contributed by atoms with E-state index in [-0.39, 0.29) is 12.4 Å². The standard InChI is InChI=1S/C17H19N5O7S/c1-4-28-14(23)8-13-15(22(24)25)16(21(19)17(20-13)30(3,26)27)29-12-6-5-11(9-18)10(2)7-12/h5-7,17H,4,8,19H2,1-3H3. The van der Waals surface area contributed by atoms with Crippen LogP contribution in [0.3, 0.4) is 0 Å². The second-order valence-corrected chi connectivity index (χ2v) is 8.30. The Morgan fingerprint density at radius 2 is 2.13 bits per heavy atom. The SMILES string of the molecule is CCOC(=O)CC1=NC(S(C)(=O)=O)N(N)C(Oc2ccc(C#N)c(C)c2)=C1[N+](=O)[O-]. The van der Waals surface area contributed by atoms with Gasteiger partial charge >= 0.3 is 11.7 Å². The van der Waals surface area contributed by atoms with E-state index < -0.39 is 49.9 Å². The molecule has 0 aliphatic carbocycles. The Morgan fingerprint density at radius 3 is 2.63 bits per heavy atom. The summed E-state index contributed by atoms with van der Waals surface area (Å²) in [6, 6.07) is 6.21. The summed E-state index contributed by atoms with van der Waals surface area (Å²) in [5.41, 5.74) is -2.08. The van der Waals surface area contributed by atoms with E-state index in [1.54, 1.807) is 13.8 Å². The van der Waals surface area contributed by atoms with Crippen LogP contribution in [0.25, 0.3) is 0 Å². The van der Waals surface area contributed by atoms with Gasteiger partial charge in [-0.25, -0.2) is 24.3 Å². The molecule has 1 heterocycles. The van der Waals surface area contributed by atoms with E-state index in [0.717, 1.165) is 6.26 Å². The number of sulfone groups is 1. The zero-order chi connectivity index (χ0) is 22.6. The van der Waals surface area contributed by atoms with Gasteiger partial charge in [0, 0.05) is 6.26 Å². The maximum absolute atomic E-state index is 12.1. The van der Waals surface area contributed by atoms with E-state index >= 15 is 0 Å². The molecule has 1 unspecified atom stereocenters. The molecule has 0 saturated carbocycles. The highest BCUT2D eigenvalue weighted by Crippen LogP contribution is 2.28. The molecule has 2 rings (SSSR count). The first-order valence-electron chi connectivity index (χ1n) is 8.52. The predicted octanol–water partition coefficient (Wildman–Crippen LogP) is 0.603. The number of benzene rings is 1. The number of nitrogens with two attached hydrogens (primary N) is 1. The number of rotatable bonds is 7. The number of carbonyl (C=O) groups is 1. The summed E-state index contributed by atoms with van der Waals surface area (Å²) in [6.07, 6.45) is 0.187. The number of hydrazine groups is 1. The summed E-state index contributed by atoms with van der Waals surface area (Å²) < 4.78 is 34.6. The van der Waals surface area contributed by atoms with E-state index in [2.05, 4.69) is 4.99 Å². The first-order valence-corrected chi connectivity index (χ1v) is 10.5. The van der Waals surface area contributed by atoms with Gasteiger partial charge in [-0.15, -0.1) is 0 Å². The van der Waals surface area contributed by atoms with Crippen LogP contribution in [-0.2, 0) is 19.4 Å². The number of hydrogen-bond acceptors (Lipinski definition) is 11. The maximum atomic E-state index is 12.1. The van der Waals surface area contributed by atoms with Crippen LogP contribution in [0.15, 0.2) is 34.8 Å². The van der Waals surface area contributed by atoms with Crippen LogP contribution in [0.5, 0.6) is 5.75 Å². The minimum atomic E-state index is -3.97. The minimum Gasteiger partial charge on any atom is -0.466 e. The lowest BCUT2D eigenvalue weighted by molar-refractivity contribution is -0.419. The number of aliphatic imine (C=N–C) groups is 1. The molecule has 0 aromatic heterocycles. The van der Waals surface area contributed by atoms with Crippen molar-refractivity contribution in [2.75, 3.05) is 12.9 Å². The normalized spacial score (nSPS) is 16.6. The lowest BCUT2D eigenvalue weighted by Gasteiger charge is -2.30. The molecule has 0 fully saturated rings. The highest BCUT2D eigenvalue weighted by Gasteiger charge is 2.43. The Hall–Kier alpha value is -3.50. The highest BCUT2D eigenvalue weighted by molar-refractivity contribution is 7.91. The fourth-order valence-corrected chi connectivity index (χ4v) is 3.43. The van der Waals surface area contributed by atoms with Crippen LogP contribution in [0.2, 0.25) is 0 Å². The number of nitriles is 1. The summed E-state index contributed by atoms with van der Waals surface area (Å²) in [7, 11) is -3.97.